The molecule has 3 aliphatic rings. The molecule has 0 aromatic heterocycles. The van der Waals surface area contributed by atoms with Crippen LogP contribution in [0.5, 0.6) is 0 Å². The summed E-state index contributed by atoms with van der Waals surface area (Å²) in [6.07, 6.45) is 9.87. The Morgan fingerprint density at radius 3 is 2.37 bits per heavy atom. The van der Waals surface area contributed by atoms with E-state index in [2.05, 4.69) is 5.43 Å². The topological polar surface area (TPSA) is 56.5 Å². The Balaban J connectivity index is 1.64. The van der Waals surface area contributed by atoms with Crippen LogP contribution in [0.1, 0.15) is 51.4 Å². The second kappa shape index (κ2) is 6.08. The van der Waals surface area contributed by atoms with E-state index in [9.17, 15) is 0 Å². The quantitative estimate of drug-likeness (QED) is 0.607. The lowest BCUT2D eigenvalue weighted by molar-refractivity contribution is -0.103. The van der Waals surface area contributed by atoms with Gasteiger partial charge < -0.3 is 9.47 Å². The Morgan fingerprint density at radius 2 is 1.68 bits per heavy atom. The number of nitrogens with two attached hydrogens (primary N) is 1. The van der Waals surface area contributed by atoms with Gasteiger partial charge in [0.15, 0.2) is 0 Å². The molecule has 2 aliphatic heterocycles. The van der Waals surface area contributed by atoms with Crippen LogP contribution in [0.2, 0.25) is 0 Å². The zero-order valence-electron chi connectivity index (χ0n) is 11.9. The third kappa shape index (κ3) is 2.97. The number of ether oxygens (including phenoxy) is 2. The first-order valence-electron chi connectivity index (χ1n) is 8.01. The molecule has 0 bridgehead atoms. The van der Waals surface area contributed by atoms with E-state index in [-0.39, 0.29) is 5.60 Å². The monoisotopic (exact) mass is 268 g/mol. The second-order valence-electron chi connectivity index (χ2n) is 6.63. The van der Waals surface area contributed by atoms with Crippen LogP contribution in [0.3, 0.4) is 0 Å². The average Bonchev–Trinajstić information content (AvgIpc) is 2.89. The van der Waals surface area contributed by atoms with Crippen molar-refractivity contribution in [2.24, 2.45) is 17.7 Å². The smallest absolute Gasteiger partial charge is 0.0685 e. The number of hydrogen-bond donors (Lipinski definition) is 2. The van der Waals surface area contributed by atoms with Gasteiger partial charge in [0.25, 0.3) is 0 Å². The van der Waals surface area contributed by atoms with Gasteiger partial charge in [0, 0.05) is 25.9 Å². The third-order valence-corrected chi connectivity index (χ3v) is 5.52. The van der Waals surface area contributed by atoms with E-state index >= 15 is 0 Å². The van der Waals surface area contributed by atoms with E-state index in [1.165, 1.54) is 32.1 Å². The molecule has 1 saturated carbocycles. The highest BCUT2D eigenvalue weighted by Gasteiger charge is 2.43. The highest BCUT2D eigenvalue weighted by molar-refractivity contribution is 4.95. The zero-order valence-corrected chi connectivity index (χ0v) is 11.9. The number of nitrogens with one attached hydrogen (secondary N) is 1. The standard InChI is InChI=1S/C15H28N2O2/c16-17-14(12-3-8-18-9-4-12)13-5-10-19-15(11-13)6-1-2-7-15/h12-14,17H,1-11,16H2. The summed E-state index contributed by atoms with van der Waals surface area (Å²) in [5.74, 6) is 7.25. The molecule has 3 N–H and O–H groups in total. The maximum Gasteiger partial charge on any atom is 0.0685 e. The summed E-state index contributed by atoms with van der Waals surface area (Å²) in [6, 6.07) is 0.449. The fourth-order valence-electron chi connectivity index (χ4n) is 4.47. The predicted octanol–water partition coefficient (Wildman–Crippen LogP) is 1.98. The van der Waals surface area contributed by atoms with E-state index in [0.29, 0.717) is 17.9 Å². The van der Waals surface area contributed by atoms with E-state index < -0.39 is 0 Å². The van der Waals surface area contributed by atoms with Crippen LogP contribution in [0.4, 0.5) is 0 Å². The minimum atomic E-state index is 0.198. The molecule has 3 fully saturated rings. The Kier molecular flexibility index (Phi) is 4.42. The summed E-state index contributed by atoms with van der Waals surface area (Å²) in [6.45, 7) is 2.72. The number of hydrogen-bond acceptors (Lipinski definition) is 4. The summed E-state index contributed by atoms with van der Waals surface area (Å²) in [4.78, 5) is 0. The zero-order chi connectivity index (χ0) is 13.1. The molecule has 0 radical (unpaired) electrons. The molecule has 4 heteroatoms. The SMILES string of the molecule is NNC(C1CCOCC1)C1CCOC2(CCCC2)C1. The van der Waals surface area contributed by atoms with Crippen molar-refractivity contribution in [1.29, 1.82) is 0 Å². The highest BCUT2D eigenvalue weighted by Crippen LogP contribution is 2.44. The van der Waals surface area contributed by atoms with E-state index in [1.807, 2.05) is 0 Å². The van der Waals surface area contributed by atoms with Crippen LogP contribution >= 0.6 is 0 Å². The predicted molar refractivity (Wildman–Crippen MR) is 74.5 cm³/mol. The van der Waals surface area contributed by atoms with Crippen LogP contribution in [0, 0.1) is 11.8 Å². The van der Waals surface area contributed by atoms with Gasteiger partial charge in [0.2, 0.25) is 0 Å². The third-order valence-electron chi connectivity index (χ3n) is 5.52. The average molecular weight is 268 g/mol. The van der Waals surface area contributed by atoms with Gasteiger partial charge in [-0.1, -0.05) is 12.8 Å². The molecule has 110 valence electrons. The first-order valence-corrected chi connectivity index (χ1v) is 8.01. The van der Waals surface area contributed by atoms with Crippen molar-refractivity contribution >= 4 is 0 Å². The van der Waals surface area contributed by atoms with Gasteiger partial charge in [0.05, 0.1) is 5.60 Å². The van der Waals surface area contributed by atoms with Crippen LogP contribution in [0.15, 0.2) is 0 Å². The molecule has 19 heavy (non-hydrogen) atoms. The van der Waals surface area contributed by atoms with E-state index in [4.69, 9.17) is 15.3 Å². The van der Waals surface area contributed by atoms with Gasteiger partial charge in [-0.2, -0.15) is 0 Å². The Labute approximate surface area is 116 Å². The molecule has 1 aliphatic carbocycles. The lowest BCUT2D eigenvalue weighted by atomic mass is 9.75. The molecule has 2 atom stereocenters. The number of hydrazine groups is 1. The van der Waals surface area contributed by atoms with Crippen molar-refractivity contribution < 1.29 is 9.47 Å². The first-order chi connectivity index (χ1) is 9.33. The lowest BCUT2D eigenvalue weighted by Crippen LogP contribution is -2.52. The molecule has 0 aromatic carbocycles. The molecule has 2 heterocycles. The Bertz CT molecular complexity index is 286. The van der Waals surface area contributed by atoms with Gasteiger partial charge in [-0.05, 0) is 50.4 Å². The largest absolute Gasteiger partial charge is 0.381 e. The van der Waals surface area contributed by atoms with E-state index in [1.54, 1.807) is 0 Å². The van der Waals surface area contributed by atoms with Crippen molar-refractivity contribution in [1.82, 2.24) is 5.43 Å². The van der Waals surface area contributed by atoms with E-state index in [0.717, 1.165) is 39.1 Å². The molecule has 3 rings (SSSR count). The minimum Gasteiger partial charge on any atom is -0.381 e. The van der Waals surface area contributed by atoms with Gasteiger partial charge in [-0.15, -0.1) is 0 Å². The summed E-state index contributed by atoms with van der Waals surface area (Å²) >= 11 is 0. The fraction of sp³-hybridized carbons (Fsp3) is 1.00. The molecule has 4 nitrogen and oxygen atoms in total. The van der Waals surface area contributed by atoms with Crippen molar-refractivity contribution in [3.05, 3.63) is 0 Å². The Morgan fingerprint density at radius 1 is 1.00 bits per heavy atom. The highest BCUT2D eigenvalue weighted by atomic mass is 16.5. The summed E-state index contributed by atoms with van der Waals surface area (Å²) in [5.41, 5.74) is 3.33. The minimum absolute atomic E-state index is 0.198. The van der Waals surface area contributed by atoms with Gasteiger partial charge >= 0.3 is 0 Å². The summed E-state index contributed by atoms with van der Waals surface area (Å²) in [7, 11) is 0. The molecule has 0 aromatic rings. The van der Waals surface area contributed by atoms with Gasteiger partial charge in [-0.3, -0.25) is 11.3 Å². The molecule has 2 saturated heterocycles. The van der Waals surface area contributed by atoms with Crippen LogP contribution in [-0.2, 0) is 9.47 Å². The molecule has 1 spiro atoms. The van der Waals surface area contributed by atoms with Crippen molar-refractivity contribution in [2.45, 2.75) is 63.0 Å². The van der Waals surface area contributed by atoms with Crippen LogP contribution in [0.25, 0.3) is 0 Å². The molecular weight excluding hydrogens is 240 g/mol. The second-order valence-corrected chi connectivity index (χ2v) is 6.63. The van der Waals surface area contributed by atoms with Crippen molar-refractivity contribution in [3.8, 4) is 0 Å². The summed E-state index contributed by atoms with van der Waals surface area (Å²) in [5, 5.41) is 0. The maximum atomic E-state index is 6.15. The normalized spacial score (nSPS) is 33.6. The van der Waals surface area contributed by atoms with Crippen molar-refractivity contribution in [2.75, 3.05) is 19.8 Å². The molecule has 2 unspecified atom stereocenters. The lowest BCUT2D eigenvalue weighted by Gasteiger charge is -2.44. The van der Waals surface area contributed by atoms with Crippen molar-refractivity contribution in [3.63, 3.8) is 0 Å². The molecular formula is C15H28N2O2. The molecule has 0 amide bonds. The summed E-state index contributed by atoms with van der Waals surface area (Å²) < 4.78 is 11.6. The van der Waals surface area contributed by atoms with Gasteiger partial charge in [-0.25, -0.2) is 0 Å². The maximum absolute atomic E-state index is 6.15. The Hall–Kier alpha value is -0.160. The van der Waals surface area contributed by atoms with Crippen LogP contribution in [-0.4, -0.2) is 31.5 Å². The van der Waals surface area contributed by atoms with Gasteiger partial charge in [0.1, 0.15) is 0 Å². The first kappa shape index (κ1) is 13.8. The fourth-order valence-corrected chi connectivity index (χ4v) is 4.47. The number of rotatable bonds is 3. The van der Waals surface area contributed by atoms with Crippen LogP contribution < -0.4 is 11.3 Å².